The van der Waals surface area contributed by atoms with Gasteiger partial charge in [-0.2, -0.15) is 0 Å². The van der Waals surface area contributed by atoms with Gasteiger partial charge in [0, 0.05) is 23.6 Å². The first-order chi connectivity index (χ1) is 11.3. The van der Waals surface area contributed by atoms with Gasteiger partial charge in [0.05, 0.1) is 11.6 Å². The normalized spacial score (nSPS) is 31.3. The maximum Gasteiger partial charge on any atom is 0.417 e. The third kappa shape index (κ3) is 1.91. The molecule has 128 valence electrons. The Morgan fingerprint density at radius 1 is 1.42 bits per heavy atom. The number of nitrogens with one attached hydrogen (secondary N) is 2. The molecule has 4 N–H and O–H groups in total. The lowest BCUT2D eigenvalue weighted by Gasteiger charge is -2.65. The Morgan fingerprint density at radius 3 is 3.00 bits per heavy atom. The van der Waals surface area contributed by atoms with Crippen LogP contribution in [0.25, 0.3) is 11.1 Å². The fourth-order valence-electron chi connectivity index (χ4n) is 4.30. The molecule has 1 aromatic carbocycles. The van der Waals surface area contributed by atoms with Crippen molar-refractivity contribution in [3.05, 3.63) is 28.7 Å². The second-order valence-electron chi connectivity index (χ2n) is 7.31. The van der Waals surface area contributed by atoms with Crippen LogP contribution in [0.3, 0.4) is 0 Å². The highest BCUT2D eigenvalue weighted by atomic mass is 16.5. The van der Waals surface area contributed by atoms with Gasteiger partial charge in [0.1, 0.15) is 5.54 Å². The molecular weight excluding hydrogens is 310 g/mol. The van der Waals surface area contributed by atoms with Crippen LogP contribution in [0.2, 0.25) is 0 Å². The van der Waals surface area contributed by atoms with Gasteiger partial charge in [0.15, 0.2) is 5.58 Å². The zero-order valence-corrected chi connectivity index (χ0v) is 13.7. The number of oxazole rings is 1. The summed E-state index contributed by atoms with van der Waals surface area (Å²) in [6.07, 6.45) is 1.84. The van der Waals surface area contributed by atoms with Gasteiger partial charge in [0.2, 0.25) is 5.91 Å². The molecule has 0 radical (unpaired) electrons. The van der Waals surface area contributed by atoms with E-state index in [4.69, 9.17) is 14.9 Å². The summed E-state index contributed by atoms with van der Waals surface area (Å²) in [5, 5.41) is 2.89. The lowest BCUT2D eigenvalue weighted by atomic mass is 9.46. The van der Waals surface area contributed by atoms with Crippen molar-refractivity contribution in [2.24, 2.45) is 17.1 Å². The SMILES string of the molecule is CC1(C)C2OCCCC2C1(N)C(=O)Nc1ccc2oc(=O)[nH]c2c1. The number of aromatic amines is 1. The van der Waals surface area contributed by atoms with E-state index in [9.17, 15) is 9.59 Å². The van der Waals surface area contributed by atoms with Gasteiger partial charge in [-0.25, -0.2) is 4.79 Å². The first-order valence-corrected chi connectivity index (χ1v) is 8.19. The summed E-state index contributed by atoms with van der Waals surface area (Å²) in [6.45, 7) is 4.69. The number of rotatable bonds is 2. The van der Waals surface area contributed by atoms with Gasteiger partial charge < -0.3 is 20.2 Å². The molecule has 24 heavy (non-hydrogen) atoms. The van der Waals surface area contributed by atoms with Crippen LogP contribution < -0.4 is 16.8 Å². The zero-order valence-electron chi connectivity index (χ0n) is 13.7. The molecule has 1 amide bonds. The number of ether oxygens (including phenoxy) is 1. The molecule has 2 aromatic rings. The maximum absolute atomic E-state index is 12.9. The fourth-order valence-corrected chi connectivity index (χ4v) is 4.30. The number of fused-ring (bicyclic) bond motifs is 2. The molecule has 2 fully saturated rings. The van der Waals surface area contributed by atoms with E-state index in [1.807, 2.05) is 13.8 Å². The molecule has 1 saturated carbocycles. The molecule has 3 unspecified atom stereocenters. The van der Waals surface area contributed by atoms with Crippen LogP contribution in [-0.4, -0.2) is 29.1 Å². The average Bonchev–Trinajstić information content (AvgIpc) is 2.93. The lowest BCUT2D eigenvalue weighted by molar-refractivity contribution is -0.222. The van der Waals surface area contributed by atoms with E-state index in [0.29, 0.717) is 16.8 Å². The fraction of sp³-hybridized carbons (Fsp3) is 0.529. The summed E-state index contributed by atoms with van der Waals surface area (Å²) in [6, 6.07) is 5.01. The van der Waals surface area contributed by atoms with E-state index < -0.39 is 16.7 Å². The van der Waals surface area contributed by atoms with Crippen molar-refractivity contribution in [3.8, 4) is 0 Å². The van der Waals surface area contributed by atoms with E-state index in [0.717, 1.165) is 19.4 Å². The molecule has 1 aliphatic carbocycles. The highest BCUT2D eigenvalue weighted by Crippen LogP contribution is 2.57. The van der Waals surface area contributed by atoms with Crippen molar-refractivity contribution < 1.29 is 13.9 Å². The summed E-state index contributed by atoms with van der Waals surface area (Å²) in [4.78, 5) is 26.8. The van der Waals surface area contributed by atoms with Crippen molar-refractivity contribution in [3.63, 3.8) is 0 Å². The number of hydrogen-bond acceptors (Lipinski definition) is 5. The predicted octanol–water partition coefficient (Wildman–Crippen LogP) is 1.59. The van der Waals surface area contributed by atoms with Crippen LogP contribution in [0.1, 0.15) is 26.7 Å². The maximum atomic E-state index is 12.9. The van der Waals surface area contributed by atoms with Crippen molar-refractivity contribution in [1.29, 1.82) is 0 Å². The van der Waals surface area contributed by atoms with Gasteiger partial charge in [-0.05, 0) is 31.0 Å². The van der Waals surface area contributed by atoms with Crippen LogP contribution in [-0.2, 0) is 9.53 Å². The summed E-state index contributed by atoms with van der Waals surface area (Å²) >= 11 is 0. The monoisotopic (exact) mass is 331 g/mol. The van der Waals surface area contributed by atoms with Crippen molar-refractivity contribution in [2.45, 2.75) is 38.3 Å². The summed E-state index contributed by atoms with van der Waals surface area (Å²) in [7, 11) is 0. The van der Waals surface area contributed by atoms with Crippen LogP contribution in [0.5, 0.6) is 0 Å². The van der Waals surface area contributed by atoms with Gasteiger partial charge in [-0.3, -0.25) is 9.78 Å². The lowest BCUT2D eigenvalue weighted by Crippen LogP contribution is -2.81. The number of carbonyl (C=O) groups excluding carboxylic acids is 1. The Morgan fingerprint density at radius 2 is 2.21 bits per heavy atom. The summed E-state index contributed by atoms with van der Waals surface area (Å²) in [5.41, 5.74) is 6.73. The quantitative estimate of drug-likeness (QED) is 0.774. The molecule has 3 atom stereocenters. The minimum absolute atomic E-state index is 0.0229. The Bertz CT molecular complexity index is 868. The number of nitrogens with two attached hydrogens (primary N) is 1. The molecule has 0 bridgehead atoms. The zero-order chi connectivity index (χ0) is 17.1. The molecule has 1 saturated heterocycles. The van der Waals surface area contributed by atoms with E-state index in [-0.39, 0.29) is 17.9 Å². The molecule has 1 aromatic heterocycles. The van der Waals surface area contributed by atoms with E-state index in [1.165, 1.54) is 0 Å². The average molecular weight is 331 g/mol. The second kappa shape index (κ2) is 4.94. The van der Waals surface area contributed by atoms with Crippen LogP contribution in [0.4, 0.5) is 5.69 Å². The first-order valence-electron chi connectivity index (χ1n) is 8.19. The Labute approximate surface area is 138 Å². The third-order valence-corrected chi connectivity index (χ3v) is 5.74. The van der Waals surface area contributed by atoms with Crippen molar-refractivity contribution >= 4 is 22.7 Å². The molecule has 0 spiro atoms. The topological polar surface area (TPSA) is 110 Å². The van der Waals surface area contributed by atoms with Crippen LogP contribution in [0.15, 0.2) is 27.4 Å². The predicted molar refractivity (Wildman–Crippen MR) is 88.6 cm³/mol. The first kappa shape index (κ1) is 15.4. The number of carbonyl (C=O) groups is 1. The van der Waals surface area contributed by atoms with E-state index >= 15 is 0 Å². The standard InChI is InChI=1S/C17H21N3O4/c1-16(2)13-10(4-3-7-23-13)17(16,18)14(21)19-9-5-6-12-11(8-9)20-15(22)24-12/h5-6,8,10,13H,3-4,7,18H2,1-2H3,(H,19,21)(H,20,22). The molecule has 2 heterocycles. The van der Waals surface area contributed by atoms with Gasteiger partial charge in [0.25, 0.3) is 0 Å². The van der Waals surface area contributed by atoms with Gasteiger partial charge >= 0.3 is 5.76 Å². The minimum atomic E-state index is -0.975. The highest BCUT2D eigenvalue weighted by molar-refractivity contribution is 6.01. The molecule has 7 heteroatoms. The number of anilines is 1. The number of benzene rings is 1. The summed E-state index contributed by atoms with van der Waals surface area (Å²) in [5.74, 6) is -0.714. The smallest absolute Gasteiger partial charge is 0.408 e. The highest BCUT2D eigenvalue weighted by Gasteiger charge is 2.70. The molecule has 4 rings (SSSR count). The second-order valence-corrected chi connectivity index (χ2v) is 7.31. The Hall–Kier alpha value is -2.12. The number of hydrogen-bond donors (Lipinski definition) is 3. The van der Waals surface area contributed by atoms with Crippen LogP contribution in [0, 0.1) is 11.3 Å². The molecule has 2 aliphatic rings. The van der Waals surface area contributed by atoms with Crippen molar-refractivity contribution in [1.82, 2.24) is 4.98 Å². The summed E-state index contributed by atoms with van der Waals surface area (Å²) < 4.78 is 10.8. The van der Waals surface area contributed by atoms with Crippen LogP contribution >= 0.6 is 0 Å². The number of H-pyrrole nitrogens is 1. The molecule has 1 aliphatic heterocycles. The van der Waals surface area contributed by atoms with E-state index in [2.05, 4.69) is 10.3 Å². The molecule has 7 nitrogen and oxygen atoms in total. The third-order valence-electron chi connectivity index (χ3n) is 5.74. The van der Waals surface area contributed by atoms with Crippen molar-refractivity contribution in [2.75, 3.05) is 11.9 Å². The van der Waals surface area contributed by atoms with Gasteiger partial charge in [-0.15, -0.1) is 0 Å². The van der Waals surface area contributed by atoms with E-state index in [1.54, 1.807) is 18.2 Å². The minimum Gasteiger partial charge on any atom is -0.408 e. The number of amides is 1. The Balaban J connectivity index is 1.61. The molecular formula is C17H21N3O4. The van der Waals surface area contributed by atoms with Gasteiger partial charge in [-0.1, -0.05) is 13.8 Å². The number of aromatic nitrogens is 1. The largest absolute Gasteiger partial charge is 0.417 e. The Kier molecular flexibility index (Phi) is 3.17.